The molecule has 0 saturated heterocycles. The number of rotatable bonds is 2. The van der Waals surface area contributed by atoms with Gasteiger partial charge in [-0.25, -0.2) is 17.6 Å². The van der Waals surface area contributed by atoms with Crippen molar-refractivity contribution in [2.24, 2.45) is 7.05 Å². The largest absolute Gasteiger partial charge is 0.436 e. The molecule has 0 aliphatic heterocycles. The smallest absolute Gasteiger partial charge is 0.315 e. The Labute approximate surface area is 137 Å². The van der Waals surface area contributed by atoms with Crippen molar-refractivity contribution in [3.8, 4) is 0 Å². The Morgan fingerprint density at radius 1 is 1.17 bits per heavy atom. The fourth-order valence-corrected chi connectivity index (χ4v) is 2.52. The summed E-state index contributed by atoms with van der Waals surface area (Å²) in [4.78, 5) is 12.0. The van der Waals surface area contributed by atoms with E-state index in [9.17, 15) is 35.5 Å². The summed E-state index contributed by atoms with van der Waals surface area (Å²) < 4.78 is 91.0. The number of alkyl halides is 3. The first kappa shape index (κ1) is 18.2. The number of hydrogen-bond acceptors (Lipinski definition) is 2. The van der Waals surface area contributed by atoms with Gasteiger partial charge in [0.2, 0.25) is 0 Å². The zero-order chi connectivity index (χ0) is 18.4. The van der Waals surface area contributed by atoms with Crippen molar-refractivity contribution in [1.29, 1.82) is 0 Å². The number of aromatic nitrogens is 2. The Kier molecular flexibility index (Phi) is 4.61. The molecule has 1 amide bonds. The number of halogens is 8. The quantitative estimate of drug-likeness (QED) is 0.590. The maximum atomic E-state index is 13.5. The monoisotopic (exact) mass is 419 g/mol. The average molecular weight is 420 g/mol. The molecule has 0 unspecified atom stereocenters. The molecule has 0 aliphatic rings. The Bertz CT molecular complexity index is 805. The third-order valence-electron chi connectivity index (χ3n) is 2.82. The van der Waals surface area contributed by atoms with Crippen LogP contribution in [-0.2, 0) is 13.2 Å². The number of hydrogen-bond donors (Lipinski definition) is 1. The first-order valence-electron chi connectivity index (χ1n) is 5.89. The van der Waals surface area contributed by atoms with Crippen molar-refractivity contribution in [1.82, 2.24) is 9.78 Å². The Hall–Kier alpha value is -2.11. The number of nitrogens with zero attached hydrogens (tertiary/aromatic N) is 2. The standard InChI is InChI=1S/C12H5BrF7N3O/c1-23-9(5(13)10(22-23)12(18,19)20)11(24)21-8-6(16)3(14)2-4(15)7(8)17/h2H,1H3,(H,21,24). The first-order chi connectivity index (χ1) is 10.9. The predicted octanol–water partition coefficient (Wildman–Crippen LogP) is 4.01. The number of benzene rings is 1. The van der Waals surface area contributed by atoms with Crippen LogP contribution in [0, 0.1) is 23.3 Å². The molecule has 0 atom stereocenters. The van der Waals surface area contributed by atoms with Gasteiger partial charge < -0.3 is 5.32 Å². The highest BCUT2D eigenvalue weighted by atomic mass is 79.9. The predicted molar refractivity (Wildman–Crippen MR) is 70.1 cm³/mol. The lowest BCUT2D eigenvalue weighted by atomic mass is 10.2. The number of nitrogens with one attached hydrogen (secondary N) is 1. The molecule has 2 aromatic rings. The highest BCUT2D eigenvalue weighted by Crippen LogP contribution is 2.36. The average Bonchev–Trinajstić information content (AvgIpc) is 2.76. The lowest BCUT2D eigenvalue weighted by Gasteiger charge is -2.09. The van der Waals surface area contributed by atoms with Gasteiger partial charge in [0.1, 0.15) is 11.4 Å². The molecule has 0 saturated carbocycles. The van der Waals surface area contributed by atoms with Gasteiger partial charge in [-0.2, -0.15) is 18.3 Å². The van der Waals surface area contributed by atoms with Gasteiger partial charge in [0.25, 0.3) is 5.91 Å². The van der Waals surface area contributed by atoms with E-state index in [4.69, 9.17) is 0 Å². The van der Waals surface area contributed by atoms with Gasteiger partial charge in [-0.15, -0.1) is 0 Å². The number of carbonyl (C=O) groups excluding carboxylic acids is 1. The second kappa shape index (κ2) is 6.07. The molecule has 0 fully saturated rings. The number of amides is 1. The second-order valence-electron chi connectivity index (χ2n) is 4.43. The minimum absolute atomic E-state index is 0.0813. The van der Waals surface area contributed by atoms with E-state index in [1.165, 1.54) is 5.32 Å². The molecule has 1 aromatic carbocycles. The van der Waals surface area contributed by atoms with Crippen molar-refractivity contribution in [2.45, 2.75) is 6.18 Å². The summed E-state index contributed by atoms with van der Waals surface area (Å²) in [6, 6.07) is -0.0813. The summed E-state index contributed by atoms with van der Waals surface area (Å²) in [5.41, 5.74) is -3.69. The summed E-state index contributed by atoms with van der Waals surface area (Å²) in [5, 5.41) is 4.57. The summed E-state index contributed by atoms with van der Waals surface area (Å²) in [7, 11) is 0.966. The van der Waals surface area contributed by atoms with Gasteiger partial charge in [0.15, 0.2) is 29.0 Å². The fourth-order valence-electron chi connectivity index (χ4n) is 1.78. The van der Waals surface area contributed by atoms with E-state index in [0.29, 0.717) is 4.68 Å². The third kappa shape index (κ3) is 3.09. The van der Waals surface area contributed by atoms with Crippen LogP contribution in [0.25, 0.3) is 0 Å². The lowest BCUT2D eigenvalue weighted by Crippen LogP contribution is -2.19. The van der Waals surface area contributed by atoms with E-state index in [1.807, 2.05) is 0 Å². The van der Waals surface area contributed by atoms with E-state index < -0.39 is 56.9 Å². The summed E-state index contributed by atoms with van der Waals surface area (Å²) in [5.74, 6) is -8.85. The molecule has 0 radical (unpaired) electrons. The molecule has 4 nitrogen and oxygen atoms in total. The molecular weight excluding hydrogens is 415 g/mol. The van der Waals surface area contributed by atoms with Gasteiger partial charge in [-0.05, 0) is 15.9 Å². The van der Waals surface area contributed by atoms with Crippen LogP contribution < -0.4 is 5.32 Å². The van der Waals surface area contributed by atoms with Gasteiger partial charge in [-0.3, -0.25) is 9.48 Å². The lowest BCUT2D eigenvalue weighted by molar-refractivity contribution is -0.142. The molecule has 24 heavy (non-hydrogen) atoms. The van der Waals surface area contributed by atoms with Crippen LogP contribution in [0.3, 0.4) is 0 Å². The Balaban J connectivity index is 2.48. The van der Waals surface area contributed by atoms with Crippen molar-refractivity contribution in [3.63, 3.8) is 0 Å². The second-order valence-corrected chi connectivity index (χ2v) is 5.22. The van der Waals surface area contributed by atoms with E-state index in [2.05, 4.69) is 21.0 Å². The third-order valence-corrected chi connectivity index (χ3v) is 3.57. The van der Waals surface area contributed by atoms with Crippen LogP contribution in [0.1, 0.15) is 16.2 Å². The van der Waals surface area contributed by atoms with Gasteiger partial charge >= 0.3 is 6.18 Å². The molecule has 0 aliphatic carbocycles. The summed E-state index contributed by atoms with van der Waals surface area (Å²) >= 11 is 2.52. The van der Waals surface area contributed by atoms with Crippen molar-refractivity contribution >= 4 is 27.5 Å². The number of carbonyl (C=O) groups is 1. The maximum absolute atomic E-state index is 13.5. The van der Waals surface area contributed by atoms with Crippen molar-refractivity contribution < 1.29 is 35.5 Å². The maximum Gasteiger partial charge on any atom is 0.436 e. The minimum atomic E-state index is -4.91. The normalized spacial score (nSPS) is 11.7. The van der Waals surface area contributed by atoms with Gasteiger partial charge in [-0.1, -0.05) is 0 Å². The molecule has 2 rings (SSSR count). The van der Waals surface area contributed by atoms with E-state index in [0.717, 1.165) is 7.05 Å². The molecule has 130 valence electrons. The fraction of sp³-hybridized carbons (Fsp3) is 0.167. The van der Waals surface area contributed by atoms with Crippen LogP contribution in [-0.4, -0.2) is 15.7 Å². The Morgan fingerprint density at radius 3 is 2.08 bits per heavy atom. The highest BCUT2D eigenvalue weighted by molar-refractivity contribution is 9.10. The number of aryl methyl sites for hydroxylation is 1. The molecule has 0 spiro atoms. The first-order valence-corrected chi connectivity index (χ1v) is 6.68. The van der Waals surface area contributed by atoms with Crippen LogP contribution in [0.4, 0.5) is 36.4 Å². The zero-order valence-electron chi connectivity index (χ0n) is 11.4. The Morgan fingerprint density at radius 2 is 1.67 bits per heavy atom. The molecule has 0 bridgehead atoms. The SMILES string of the molecule is Cn1nc(C(F)(F)F)c(Br)c1C(=O)Nc1c(F)c(F)cc(F)c1F. The van der Waals surface area contributed by atoms with Crippen LogP contribution in [0.2, 0.25) is 0 Å². The van der Waals surface area contributed by atoms with Crippen LogP contribution >= 0.6 is 15.9 Å². The molecule has 1 aromatic heterocycles. The van der Waals surface area contributed by atoms with Crippen molar-refractivity contribution in [3.05, 3.63) is 45.2 Å². The topological polar surface area (TPSA) is 46.9 Å². The zero-order valence-corrected chi connectivity index (χ0v) is 13.0. The van der Waals surface area contributed by atoms with Gasteiger partial charge in [0.05, 0.1) is 4.47 Å². The molecule has 1 heterocycles. The van der Waals surface area contributed by atoms with Crippen LogP contribution in [0.15, 0.2) is 10.5 Å². The van der Waals surface area contributed by atoms with E-state index in [1.54, 1.807) is 0 Å². The van der Waals surface area contributed by atoms with E-state index >= 15 is 0 Å². The molecule has 12 heteroatoms. The van der Waals surface area contributed by atoms with Crippen LogP contribution in [0.5, 0.6) is 0 Å². The van der Waals surface area contributed by atoms with Gasteiger partial charge in [0, 0.05) is 13.1 Å². The molecule has 1 N–H and O–H groups in total. The number of anilines is 1. The minimum Gasteiger partial charge on any atom is -0.315 e. The highest BCUT2D eigenvalue weighted by Gasteiger charge is 2.39. The molecular formula is C12H5BrF7N3O. The van der Waals surface area contributed by atoms with E-state index in [-0.39, 0.29) is 6.07 Å². The van der Waals surface area contributed by atoms with Crippen molar-refractivity contribution in [2.75, 3.05) is 5.32 Å². The summed E-state index contributed by atoms with van der Waals surface area (Å²) in [6.07, 6.45) is -4.91. The summed E-state index contributed by atoms with van der Waals surface area (Å²) in [6.45, 7) is 0.